The number of aryl methyl sites for hydroxylation is 1. The van der Waals surface area contributed by atoms with Crippen molar-refractivity contribution in [1.82, 2.24) is 4.98 Å². The van der Waals surface area contributed by atoms with E-state index in [1.807, 2.05) is 13.8 Å². The number of nitrogens with one attached hydrogen (secondary N) is 1. The van der Waals surface area contributed by atoms with Crippen LogP contribution in [0.4, 0.5) is 27.6 Å². The predicted octanol–water partition coefficient (Wildman–Crippen LogP) is 6.43. The summed E-state index contributed by atoms with van der Waals surface area (Å²) >= 11 is 0. The van der Waals surface area contributed by atoms with Gasteiger partial charge in [0.05, 0.1) is 12.4 Å². The third kappa shape index (κ3) is 4.70. The molecule has 1 N–H and O–H groups in total. The molecule has 31 heavy (non-hydrogen) atoms. The Morgan fingerprint density at radius 3 is 2.10 bits per heavy atom. The number of hydrogen-bond acceptors (Lipinski definition) is 4. The number of ether oxygens (including phenoxy) is 2. The largest absolute Gasteiger partial charge is 0.586 e. The lowest BCUT2D eigenvalue weighted by molar-refractivity contribution is -0.286. The van der Waals surface area contributed by atoms with E-state index >= 15 is 0 Å². The highest BCUT2D eigenvalue weighted by Crippen LogP contribution is 2.44. The Kier molecular flexibility index (Phi) is 6.33. The Balaban J connectivity index is 0.00000132. The lowest BCUT2D eigenvalue weighted by Crippen LogP contribution is -2.25. The molecule has 164 valence electrons. The third-order valence-electron chi connectivity index (χ3n) is 4.43. The van der Waals surface area contributed by atoms with Crippen molar-refractivity contribution in [3.63, 3.8) is 0 Å². The first kappa shape index (κ1) is 22.3. The molecule has 0 bridgehead atoms. The molecule has 4 nitrogen and oxygen atoms in total. The third-order valence-corrected chi connectivity index (χ3v) is 4.43. The Morgan fingerprint density at radius 2 is 1.48 bits per heavy atom. The number of alkyl halides is 2. The molecule has 2 heterocycles. The molecular formula is C22H19F5N2O2. The van der Waals surface area contributed by atoms with Crippen LogP contribution in [-0.2, 0) is 6.54 Å². The first-order chi connectivity index (χ1) is 14.7. The SMILES string of the molecule is CC.Cc1cc2c(cc1-c1ccc(NCc3c(F)cncc3F)cc1F)OC(F)(F)O2. The van der Waals surface area contributed by atoms with E-state index in [2.05, 4.69) is 19.8 Å². The van der Waals surface area contributed by atoms with Crippen LogP contribution in [-0.4, -0.2) is 11.3 Å². The van der Waals surface area contributed by atoms with Gasteiger partial charge < -0.3 is 14.8 Å². The minimum Gasteiger partial charge on any atom is -0.395 e. The van der Waals surface area contributed by atoms with Gasteiger partial charge in [0.15, 0.2) is 11.5 Å². The van der Waals surface area contributed by atoms with E-state index in [0.717, 1.165) is 18.5 Å². The number of halogens is 5. The Hall–Kier alpha value is -3.36. The van der Waals surface area contributed by atoms with Gasteiger partial charge in [-0.05, 0) is 48.4 Å². The number of fused-ring (bicyclic) bond motifs is 1. The topological polar surface area (TPSA) is 43.4 Å². The highest BCUT2D eigenvalue weighted by molar-refractivity contribution is 5.73. The Bertz CT molecular complexity index is 1090. The minimum absolute atomic E-state index is 0.128. The Morgan fingerprint density at radius 1 is 0.871 bits per heavy atom. The van der Waals surface area contributed by atoms with Crippen molar-refractivity contribution in [1.29, 1.82) is 0 Å². The maximum Gasteiger partial charge on any atom is 0.586 e. The molecule has 0 radical (unpaired) electrons. The summed E-state index contributed by atoms with van der Waals surface area (Å²) in [6, 6.07) is 6.70. The van der Waals surface area contributed by atoms with Crippen molar-refractivity contribution in [2.24, 2.45) is 0 Å². The molecule has 0 spiro atoms. The van der Waals surface area contributed by atoms with Crippen LogP contribution >= 0.6 is 0 Å². The second kappa shape index (κ2) is 8.79. The van der Waals surface area contributed by atoms with Gasteiger partial charge in [-0.1, -0.05) is 13.8 Å². The number of anilines is 1. The zero-order valence-electron chi connectivity index (χ0n) is 16.9. The molecule has 0 amide bonds. The van der Waals surface area contributed by atoms with Crippen LogP contribution in [0.2, 0.25) is 0 Å². The summed E-state index contributed by atoms with van der Waals surface area (Å²) in [5.41, 5.74) is 1.06. The molecule has 0 aliphatic carbocycles. The van der Waals surface area contributed by atoms with Gasteiger partial charge in [0.2, 0.25) is 0 Å². The first-order valence-corrected chi connectivity index (χ1v) is 9.45. The summed E-state index contributed by atoms with van der Waals surface area (Å²) in [7, 11) is 0. The normalized spacial score (nSPS) is 13.4. The average molecular weight is 438 g/mol. The van der Waals surface area contributed by atoms with E-state index in [1.54, 1.807) is 6.92 Å². The van der Waals surface area contributed by atoms with Crippen LogP contribution in [0.5, 0.6) is 11.5 Å². The molecule has 3 aromatic rings. The first-order valence-electron chi connectivity index (χ1n) is 9.45. The van der Waals surface area contributed by atoms with Crippen molar-refractivity contribution in [3.05, 3.63) is 71.3 Å². The molecule has 0 fully saturated rings. The molecule has 0 atom stereocenters. The zero-order valence-corrected chi connectivity index (χ0v) is 16.9. The summed E-state index contributed by atoms with van der Waals surface area (Å²) in [4.78, 5) is 3.40. The molecule has 9 heteroatoms. The smallest absolute Gasteiger partial charge is 0.395 e. The van der Waals surface area contributed by atoms with Gasteiger partial charge in [-0.25, -0.2) is 13.2 Å². The van der Waals surface area contributed by atoms with Crippen molar-refractivity contribution in [2.75, 3.05) is 5.32 Å². The maximum atomic E-state index is 14.7. The second-order valence-corrected chi connectivity index (χ2v) is 6.41. The monoisotopic (exact) mass is 438 g/mol. The van der Waals surface area contributed by atoms with Crippen molar-refractivity contribution in [3.8, 4) is 22.6 Å². The number of nitrogens with zero attached hydrogens (tertiary/aromatic N) is 1. The fourth-order valence-electron chi connectivity index (χ4n) is 3.03. The number of benzene rings is 2. The van der Waals surface area contributed by atoms with Crippen molar-refractivity contribution >= 4 is 5.69 Å². The van der Waals surface area contributed by atoms with Crippen molar-refractivity contribution in [2.45, 2.75) is 33.6 Å². The number of rotatable bonds is 4. The van der Waals surface area contributed by atoms with E-state index in [0.29, 0.717) is 11.1 Å². The second-order valence-electron chi connectivity index (χ2n) is 6.41. The minimum atomic E-state index is -3.77. The van der Waals surface area contributed by atoms with Gasteiger partial charge in [-0.15, -0.1) is 8.78 Å². The maximum absolute atomic E-state index is 14.7. The quantitative estimate of drug-likeness (QED) is 0.477. The van der Waals surface area contributed by atoms with Crippen LogP contribution in [0.3, 0.4) is 0 Å². The van der Waals surface area contributed by atoms with E-state index < -0.39 is 23.7 Å². The molecule has 1 aliphatic heterocycles. The van der Waals surface area contributed by atoms with Gasteiger partial charge in [0.25, 0.3) is 0 Å². The van der Waals surface area contributed by atoms with Gasteiger partial charge in [-0.3, -0.25) is 4.98 Å². The van der Waals surface area contributed by atoms with E-state index in [-0.39, 0.29) is 34.9 Å². The molecule has 4 rings (SSSR count). The lowest BCUT2D eigenvalue weighted by Gasteiger charge is -2.12. The van der Waals surface area contributed by atoms with Gasteiger partial charge in [0, 0.05) is 23.4 Å². The van der Waals surface area contributed by atoms with Crippen molar-refractivity contribution < 1.29 is 31.4 Å². The number of pyridine rings is 1. The summed E-state index contributed by atoms with van der Waals surface area (Å²) in [5, 5.41) is 2.74. The molecule has 1 aliphatic rings. The molecule has 1 aromatic heterocycles. The van der Waals surface area contributed by atoms with Crippen LogP contribution in [0.25, 0.3) is 11.1 Å². The molecule has 2 aromatic carbocycles. The summed E-state index contributed by atoms with van der Waals surface area (Å²) < 4.78 is 77.2. The molecular weight excluding hydrogens is 419 g/mol. The van der Waals surface area contributed by atoms with Crippen LogP contribution < -0.4 is 14.8 Å². The highest BCUT2D eigenvalue weighted by atomic mass is 19.3. The van der Waals surface area contributed by atoms with Gasteiger partial charge in [-0.2, -0.15) is 0 Å². The fraction of sp³-hybridized carbons (Fsp3) is 0.227. The lowest BCUT2D eigenvalue weighted by atomic mass is 9.99. The van der Waals surface area contributed by atoms with E-state index in [9.17, 15) is 22.0 Å². The summed E-state index contributed by atoms with van der Waals surface area (Å²) in [6.45, 7) is 5.41. The molecule has 0 saturated carbocycles. The number of hydrogen-bond donors (Lipinski definition) is 1. The summed E-state index contributed by atoms with van der Waals surface area (Å²) in [5.74, 6) is -2.61. The van der Waals surface area contributed by atoms with Crippen LogP contribution in [0, 0.1) is 24.4 Å². The van der Waals surface area contributed by atoms with E-state index in [1.165, 1.54) is 24.3 Å². The predicted molar refractivity (Wildman–Crippen MR) is 106 cm³/mol. The molecule has 0 saturated heterocycles. The summed E-state index contributed by atoms with van der Waals surface area (Å²) in [6.07, 6.45) is -2.00. The van der Waals surface area contributed by atoms with Gasteiger partial charge in [0.1, 0.15) is 17.5 Å². The molecule has 0 unspecified atom stereocenters. The zero-order chi connectivity index (χ0) is 22.8. The standard InChI is InChI=1S/C20H13F5N2O2.C2H6/c1-10-4-18-19(29-20(24,25)28-18)6-13(10)12-3-2-11(5-15(12)21)27-7-14-16(22)8-26-9-17(14)23;1-2/h2-6,8-9,27H,7H2,1H3;1-2H3. The Labute approximate surface area is 175 Å². The van der Waals surface area contributed by atoms with Crippen LogP contribution in [0.15, 0.2) is 42.7 Å². The fourth-order valence-corrected chi connectivity index (χ4v) is 3.03. The number of aromatic nitrogens is 1. The van der Waals surface area contributed by atoms with E-state index in [4.69, 9.17) is 0 Å². The highest BCUT2D eigenvalue weighted by Gasteiger charge is 2.43. The van der Waals surface area contributed by atoms with Gasteiger partial charge >= 0.3 is 6.29 Å². The average Bonchev–Trinajstić information content (AvgIpc) is 3.01. The van der Waals surface area contributed by atoms with Crippen LogP contribution in [0.1, 0.15) is 25.0 Å².